The third-order valence-corrected chi connectivity index (χ3v) is 3.67. The van der Waals surface area contributed by atoms with Gasteiger partial charge in [0.1, 0.15) is 0 Å². The first-order chi connectivity index (χ1) is 8.77. The Balaban J connectivity index is 2.20. The summed E-state index contributed by atoms with van der Waals surface area (Å²) in [6, 6.07) is 10.5. The molecule has 0 bridgehead atoms. The summed E-state index contributed by atoms with van der Waals surface area (Å²) < 4.78 is 4.96. The zero-order valence-electron chi connectivity index (χ0n) is 10.9. The number of allylic oxidation sites excluding steroid dienone is 1. The molecule has 2 nitrogen and oxygen atoms in total. The van der Waals surface area contributed by atoms with Gasteiger partial charge >= 0.3 is 5.97 Å². The van der Waals surface area contributed by atoms with E-state index in [-0.39, 0.29) is 11.4 Å². The van der Waals surface area contributed by atoms with E-state index in [0.29, 0.717) is 6.61 Å². The molecule has 2 rings (SSSR count). The van der Waals surface area contributed by atoms with Gasteiger partial charge in [0, 0.05) is 11.5 Å². The van der Waals surface area contributed by atoms with E-state index >= 15 is 0 Å². The second-order valence-electron chi connectivity index (χ2n) is 4.81. The zero-order chi connectivity index (χ0) is 12.8. The van der Waals surface area contributed by atoms with Crippen molar-refractivity contribution < 1.29 is 9.53 Å². The van der Waals surface area contributed by atoms with Crippen molar-refractivity contribution in [1.29, 1.82) is 0 Å². The molecule has 18 heavy (non-hydrogen) atoms. The molecule has 0 N–H and O–H groups in total. The number of hydrogen-bond acceptors (Lipinski definition) is 2. The van der Waals surface area contributed by atoms with Gasteiger partial charge in [0.25, 0.3) is 0 Å². The molecule has 0 heterocycles. The third kappa shape index (κ3) is 2.81. The quantitative estimate of drug-likeness (QED) is 0.597. The fraction of sp³-hybridized carbons (Fsp3) is 0.438. The van der Waals surface area contributed by atoms with Gasteiger partial charge in [0.2, 0.25) is 0 Å². The van der Waals surface area contributed by atoms with Gasteiger partial charge in [0.05, 0.1) is 6.61 Å². The van der Waals surface area contributed by atoms with E-state index in [0.717, 1.165) is 12.8 Å². The predicted molar refractivity (Wildman–Crippen MR) is 72.4 cm³/mol. The second kappa shape index (κ2) is 5.85. The molecule has 2 heteroatoms. The van der Waals surface area contributed by atoms with Crippen molar-refractivity contribution in [2.24, 2.45) is 0 Å². The van der Waals surface area contributed by atoms with Gasteiger partial charge in [-0.1, -0.05) is 49.2 Å². The van der Waals surface area contributed by atoms with Gasteiger partial charge in [-0.15, -0.1) is 0 Å². The molecule has 96 valence electrons. The lowest BCUT2D eigenvalue weighted by atomic mass is 9.78. The molecule has 1 aliphatic carbocycles. The van der Waals surface area contributed by atoms with Crippen molar-refractivity contribution in [2.45, 2.75) is 38.0 Å². The molecule has 0 saturated heterocycles. The Labute approximate surface area is 109 Å². The van der Waals surface area contributed by atoms with E-state index in [4.69, 9.17) is 4.74 Å². The van der Waals surface area contributed by atoms with Crippen molar-refractivity contribution in [3.05, 3.63) is 48.0 Å². The van der Waals surface area contributed by atoms with Crippen LogP contribution >= 0.6 is 0 Å². The van der Waals surface area contributed by atoms with E-state index in [1.54, 1.807) is 6.08 Å². The normalized spacial score (nSPS) is 18.1. The summed E-state index contributed by atoms with van der Waals surface area (Å²) in [5, 5.41) is 0. The highest BCUT2D eigenvalue weighted by Gasteiger charge is 2.32. The minimum absolute atomic E-state index is 0.0357. The van der Waals surface area contributed by atoms with Crippen molar-refractivity contribution in [2.75, 3.05) is 6.61 Å². The highest BCUT2D eigenvalue weighted by Crippen LogP contribution is 2.42. The van der Waals surface area contributed by atoms with Gasteiger partial charge in [0.15, 0.2) is 0 Å². The van der Waals surface area contributed by atoms with E-state index in [1.165, 1.54) is 18.4 Å². The van der Waals surface area contributed by atoms with Crippen LogP contribution in [-0.2, 0) is 14.9 Å². The topological polar surface area (TPSA) is 26.3 Å². The molecule has 1 fully saturated rings. The van der Waals surface area contributed by atoms with Gasteiger partial charge in [-0.2, -0.15) is 0 Å². The number of carbonyl (C=O) groups excluding carboxylic acids is 1. The number of rotatable bonds is 4. The van der Waals surface area contributed by atoms with Crippen LogP contribution in [0.4, 0.5) is 0 Å². The molecule has 0 amide bonds. The predicted octanol–water partition coefficient (Wildman–Crippen LogP) is 3.62. The standard InChI is InChI=1S/C16H20O2/c1-2-18-15(17)10-13-16(11-6-7-12-16)14-8-4-3-5-9-14/h3-5,8-10,13H,2,6-7,11-12H2,1H3. The molecule has 1 saturated carbocycles. The summed E-state index contributed by atoms with van der Waals surface area (Å²) in [7, 11) is 0. The fourth-order valence-electron chi connectivity index (χ4n) is 2.75. The molecule has 0 spiro atoms. The van der Waals surface area contributed by atoms with E-state index in [2.05, 4.69) is 24.3 Å². The van der Waals surface area contributed by atoms with Crippen LogP contribution in [-0.4, -0.2) is 12.6 Å². The number of esters is 1. The zero-order valence-corrected chi connectivity index (χ0v) is 10.9. The number of carbonyl (C=O) groups is 1. The van der Waals surface area contributed by atoms with Gasteiger partial charge in [-0.3, -0.25) is 0 Å². The Kier molecular flexibility index (Phi) is 4.19. The van der Waals surface area contributed by atoms with Crippen LogP contribution in [0.25, 0.3) is 0 Å². The lowest BCUT2D eigenvalue weighted by Crippen LogP contribution is -2.19. The van der Waals surface area contributed by atoms with Crippen LogP contribution in [0.5, 0.6) is 0 Å². The Morgan fingerprint density at radius 3 is 2.56 bits per heavy atom. The summed E-state index contributed by atoms with van der Waals surface area (Å²) in [4.78, 5) is 11.5. The minimum atomic E-state index is -0.236. The molecule has 1 aromatic rings. The Hall–Kier alpha value is -1.57. The van der Waals surface area contributed by atoms with Crippen LogP contribution < -0.4 is 0 Å². The number of benzene rings is 1. The molecule has 0 aromatic heterocycles. The molecule has 0 unspecified atom stereocenters. The van der Waals surface area contributed by atoms with Crippen LogP contribution in [0, 0.1) is 0 Å². The molecule has 1 aromatic carbocycles. The third-order valence-electron chi connectivity index (χ3n) is 3.67. The molecule has 0 radical (unpaired) electrons. The van der Waals surface area contributed by atoms with Gasteiger partial charge < -0.3 is 4.74 Å². The monoisotopic (exact) mass is 244 g/mol. The summed E-state index contributed by atoms with van der Waals surface area (Å²) >= 11 is 0. The van der Waals surface area contributed by atoms with Crippen molar-refractivity contribution in [1.82, 2.24) is 0 Å². The average molecular weight is 244 g/mol. The van der Waals surface area contributed by atoms with Gasteiger partial charge in [-0.05, 0) is 25.3 Å². The molecule has 0 atom stereocenters. The molecular formula is C16H20O2. The first-order valence-electron chi connectivity index (χ1n) is 6.68. The smallest absolute Gasteiger partial charge is 0.330 e. The number of ether oxygens (including phenoxy) is 1. The van der Waals surface area contributed by atoms with E-state index < -0.39 is 0 Å². The minimum Gasteiger partial charge on any atom is -0.463 e. The largest absolute Gasteiger partial charge is 0.463 e. The van der Waals surface area contributed by atoms with Crippen LogP contribution in [0.15, 0.2) is 42.5 Å². The average Bonchev–Trinajstić information content (AvgIpc) is 2.88. The maximum absolute atomic E-state index is 11.5. The van der Waals surface area contributed by atoms with Crippen molar-refractivity contribution >= 4 is 5.97 Å². The van der Waals surface area contributed by atoms with Crippen LogP contribution in [0.1, 0.15) is 38.2 Å². The molecule has 0 aliphatic heterocycles. The van der Waals surface area contributed by atoms with E-state index in [9.17, 15) is 4.79 Å². The maximum Gasteiger partial charge on any atom is 0.330 e. The second-order valence-corrected chi connectivity index (χ2v) is 4.81. The molecule has 1 aliphatic rings. The lowest BCUT2D eigenvalue weighted by molar-refractivity contribution is -0.137. The Bertz CT molecular complexity index is 414. The van der Waals surface area contributed by atoms with E-state index in [1.807, 2.05) is 19.1 Å². The molecular weight excluding hydrogens is 224 g/mol. The Morgan fingerprint density at radius 1 is 1.28 bits per heavy atom. The summed E-state index contributed by atoms with van der Waals surface area (Å²) in [6.07, 6.45) is 8.33. The summed E-state index contributed by atoms with van der Waals surface area (Å²) in [6.45, 7) is 2.26. The highest BCUT2D eigenvalue weighted by atomic mass is 16.5. The van der Waals surface area contributed by atoms with Crippen molar-refractivity contribution in [3.8, 4) is 0 Å². The maximum atomic E-state index is 11.5. The van der Waals surface area contributed by atoms with Crippen LogP contribution in [0.3, 0.4) is 0 Å². The lowest BCUT2D eigenvalue weighted by Gasteiger charge is -2.25. The SMILES string of the molecule is CCOC(=O)C=CC1(c2ccccc2)CCCC1. The van der Waals surface area contributed by atoms with Crippen LogP contribution in [0.2, 0.25) is 0 Å². The highest BCUT2D eigenvalue weighted by molar-refractivity contribution is 5.82. The summed E-state index contributed by atoms with van der Waals surface area (Å²) in [5.74, 6) is -0.236. The van der Waals surface area contributed by atoms with Crippen molar-refractivity contribution in [3.63, 3.8) is 0 Å². The fourth-order valence-corrected chi connectivity index (χ4v) is 2.75. The Morgan fingerprint density at radius 2 is 1.94 bits per heavy atom. The first kappa shape index (κ1) is 12.9. The summed E-state index contributed by atoms with van der Waals surface area (Å²) in [5.41, 5.74) is 1.34. The number of hydrogen-bond donors (Lipinski definition) is 0. The van der Waals surface area contributed by atoms with Gasteiger partial charge in [-0.25, -0.2) is 4.79 Å². The first-order valence-corrected chi connectivity index (χ1v) is 6.68.